The number of nitrogens with zero attached hydrogens (tertiary/aromatic N) is 1. The largest absolute Gasteiger partial charge is 0.389 e. The second-order valence-electron chi connectivity index (χ2n) is 4.89. The summed E-state index contributed by atoms with van der Waals surface area (Å²) in [7, 11) is 1.66. The molecule has 0 unspecified atom stereocenters. The highest BCUT2D eigenvalue weighted by Gasteiger charge is 2.21. The van der Waals surface area contributed by atoms with Crippen LogP contribution in [0.5, 0.6) is 0 Å². The van der Waals surface area contributed by atoms with Gasteiger partial charge in [-0.1, -0.05) is 19.9 Å². The normalized spacial score (nSPS) is 11.4. The summed E-state index contributed by atoms with van der Waals surface area (Å²) in [4.78, 5) is 10.6. The molecule has 1 aromatic rings. The average molecular weight is 281 g/mol. The van der Waals surface area contributed by atoms with Gasteiger partial charge in [-0.25, -0.2) is 0 Å². The summed E-state index contributed by atoms with van der Waals surface area (Å²) in [5.41, 5.74) is 0.673. The van der Waals surface area contributed by atoms with Gasteiger partial charge in [0, 0.05) is 26.2 Å². The number of aliphatic hydroxyl groups is 1. The van der Waals surface area contributed by atoms with Crippen molar-refractivity contribution in [1.82, 2.24) is 5.32 Å². The molecule has 0 fully saturated rings. The molecule has 0 amide bonds. The fraction of sp³-hybridized carbons (Fsp3) is 0.571. The zero-order chi connectivity index (χ0) is 15.2. The Morgan fingerprint density at radius 1 is 1.35 bits per heavy atom. The number of benzene rings is 1. The molecule has 3 N–H and O–H groups in total. The molecule has 0 spiro atoms. The zero-order valence-electron chi connectivity index (χ0n) is 12.3. The van der Waals surface area contributed by atoms with Crippen LogP contribution in [0.2, 0.25) is 0 Å². The minimum Gasteiger partial charge on any atom is -0.389 e. The van der Waals surface area contributed by atoms with Crippen LogP contribution in [0.15, 0.2) is 18.2 Å². The maximum Gasteiger partial charge on any atom is 0.292 e. The van der Waals surface area contributed by atoms with Gasteiger partial charge in [0.2, 0.25) is 0 Å². The third-order valence-electron chi connectivity index (χ3n) is 3.63. The zero-order valence-corrected chi connectivity index (χ0v) is 12.3. The molecule has 20 heavy (non-hydrogen) atoms. The molecule has 0 aliphatic heterocycles. The average Bonchev–Trinajstić information content (AvgIpc) is 2.46. The lowest BCUT2D eigenvalue weighted by molar-refractivity contribution is -0.384. The molecule has 1 aromatic carbocycles. The smallest absolute Gasteiger partial charge is 0.292 e. The first-order chi connectivity index (χ1) is 9.45. The summed E-state index contributed by atoms with van der Waals surface area (Å²) in [5, 5.41) is 27.1. The molecule has 0 aliphatic carbocycles. The number of nitro groups is 1. The van der Waals surface area contributed by atoms with E-state index in [1.807, 2.05) is 19.9 Å². The summed E-state index contributed by atoms with van der Waals surface area (Å²) >= 11 is 0. The number of nitro benzene ring substituents is 1. The van der Waals surface area contributed by atoms with E-state index >= 15 is 0 Å². The van der Waals surface area contributed by atoms with E-state index in [4.69, 9.17) is 0 Å². The SMILES string of the molecule is CCC(O)(CC)CNCc1ccc(NC)c([N+](=O)[O-])c1. The van der Waals surface area contributed by atoms with Crippen molar-refractivity contribution in [2.45, 2.75) is 38.8 Å². The third kappa shape index (κ3) is 4.18. The van der Waals surface area contributed by atoms with Gasteiger partial charge >= 0.3 is 0 Å². The first-order valence-corrected chi connectivity index (χ1v) is 6.84. The molecule has 0 saturated heterocycles. The monoisotopic (exact) mass is 281 g/mol. The van der Waals surface area contributed by atoms with Crippen molar-refractivity contribution in [1.29, 1.82) is 0 Å². The Balaban J connectivity index is 2.70. The van der Waals surface area contributed by atoms with Crippen LogP contribution in [0.4, 0.5) is 11.4 Å². The van der Waals surface area contributed by atoms with Crippen LogP contribution in [0, 0.1) is 10.1 Å². The molecular weight excluding hydrogens is 258 g/mol. The van der Waals surface area contributed by atoms with Gasteiger partial charge in [-0.2, -0.15) is 0 Å². The quantitative estimate of drug-likeness (QED) is 0.502. The van der Waals surface area contributed by atoms with E-state index in [1.165, 1.54) is 0 Å². The number of anilines is 1. The number of rotatable bonds is 8. The molecule has 0 heterocycles. The Morgan fingerprint density at radius 3 is 2.50 bits per heavy atom. The van der Waals surface area contributed by atoms with Crippen LogP contribution in [0.3, 0.4) is 0 Å². The molecule has 0 radical (unpaired) electrons. The van der Waals surface area contributed by atoms with Crippen molar-refractivity contribution in [3.05, 3.63) is 33.9 Å². The van der Waals surface area contributed by atoms with E-state index in [2.05, 4.69) is 10.6 Å². The van der Waals surface area contributed by atoms with Gasteiger partial charge in [0.05, 0.1) is 10.5 Å². The van der Waals surface area contributed by atoms with E-state index < -0.39 is 10.5 Å². The fourth-order valence-electron chi connectivity index (χ4n) is 1.99. The summed E-state index contributed by atoms with van der Waals surface area (Å²) in [5.74, 6) is 0. The summed E-state index contributed by atoms with van der Waals surface area (Å²) in [6.07, 6.45) is 1.35. The van der Waals surface area contributed by atoms with Crippen LogP contribution >= 0.6 is 0 Å². The molecule has 112 valence electrons. The summed E-state index contributed by atoms with van der Waals surface area (Å²) in [6.45, 7) is 4.85. The van der Waals surface area contributed by atoms with E-state index in [-0.39, 0.29) is 5.69 Å². The van der Waals surface area contributed by atoms with Crippen LogP contribution in [-0.2, 0) is 6.54 Å². The molecule has 0 aromatic heterocycles. The van der Waals surface area contributed by atoms with E-state index in [0.717, 1.165) is 5.56 Å². The van der Waals surface area contributed by atoms with Gasteiger partial charge in [0.15, 0.2) is 0 Å². The van der Waals surface area contributed by atoms with E-state index in [9.17, 15) is 15.2 Å². The Morgan fingerprint density at radius 2 is 2.00 bits per heavy atom. The first-order valence-electron chi connectivity index (χ1n) is 6.84. The molecule has 0 aliphatic rings. The summed E-state index contributed by atoms with van der Waals surface area (Å²) in [6, 6.07) is 5.08. The van der Waals surface area contributed by atoms with Gasteiger partial charge in [0.25, 0.3) is 5.69 Å². The highest BCUT2D eigenvalue weighted by Crippen LogP contribution is 2.25. The van der Waals surface area contributed by atoms with Crippen molar-refractivity contribution in [2.75, 3.05) is 18.9 Å². The van der Waals surface area contributed by atoms with Gasteiger partial charge in [-0.3, -0.25) is 10.1 Å². The molecule has 0 atom stereocenters. The number of nitrogens with one attached hydrogen (secondary N) is 2. The maximum absolute atomic E-state index is 11.0. The Labute approximate surface area is 119 Å². The lowest BCUT2D eigenvalue weighted by atomic mass is 9.97. The van der Waals surface area contributed by atoms with Crippen molar-refractivity contribution >= 4 is 11.4 Å². The lowest BCUT2D eigenvalue weighted by Gasteiger charge is -2.25. The van der Waals surface area contributed by atoms with Crippen LogP contribution in [0.1, 0.15) is 32.3 Å². The van der Waals surface area contributed by atoms with Gasteiger partial charge in [-0.05, 0) is 24.5 Å². The highest BCUT2D eigenvalue weighted by atomic mass is 16.6. The Bertz CT molecular complexity index is 459. The van der Waals surface area contributed by atoms with Crippen molar-refractivity contribution in [2.24, 2.45) is 0 Å². The predicted molar refractivity (Wildman–Crippen MR) is 79.9 cm³/mol. The predicted octanol–water partition coefficient (Wildman–Crippen LogP) is 2.28. The van der Waals surface area contributed by atoms with Crippen LogP contribution in [-0.4, -0.2) is 29.2 Å². The van der Waals surface area contributed by atoms with Gasteiger partial charge in [0.1, 0.15) is 5.69 Å². The van der Waals surface area contributed by atoms with E-state index in [0.29, 0.717) is 31.6 Å². The molecule has 1 rings (SSSR count). The van der Waals surface area contributed by atoms with Gasteiger partial charge in [-0.15, -0.1) is 0 Å². The van der Waals surface area contributed by atoms with Crippen molar-refractivity contribution in [3.63, 3.8) is 0 Å². The van der Waals surface area contributed by atoms with Crippen LogP contribution < -0.4 is 10.6 Å². The molecule has 6 heteroatoms. The number of hydrogen-bond acceptors (Lipinski definition) is 5. The Hall–Kier alpha value is -1.66. The lowest BCUT2D eigenvalue weighted by Crippen LogP contribution is -2.39. The second kappa shape index (κ2) is 7.21. The maximum atomic E-state index is 11.0. The third-order valence-corrected chi connectivity index (χ3v) is 3.63. The minimum absolute atomic E-state index is 0.0630. The summed E-state index contributed by atoms with van der Waals surface area (Å²) < 4.78 is 0. The highest BCUT2D eigenvalue weighted by molar-refractivity contribution is 5.62. The fourth-order valence-corrected chi connectivity index (χ4v) is 1.99. The first kappa shape index (κ1) is 16.4. The Kier molecular flexibility index (Phi) is 5.91. The molecule has 0 saturated carbocycles. The molecular formula is C14H23N3O3. The minimum atomic E-state index is -0.711. The van der Waals surface area contributed by atoms with Gasteiger partial charge < -0.3 is 15.7 Å². The topological polar surface area (TPSA) is 87.4 Å². The van der Waals surface area contributed by atoms with E-state index in [1.54, 1.807) is 19.2 Å². The van der Waals surface area contributed by atoms with Crippen LogP contribution in [0.25, 0.3) is 0 Å². The van der Waals surface area contributed by atoms with Crippen molar-refractivity contribution in [3.8, 4) is 0 Å². The standard InChI is InChI=1S/C14H23N3O3/c1-4-14(18,5-2)10-16-9-11-6-7-12(15-3)13(8-11)17(19)20/h6-8,15-16,18H,4-5,9-10H2,1-3H3. The van der Waals surface area contributed by atoms with Crippen molar-refractivity contribution < 1.29 is 10.0 Å². The molecule has 6 nitrogen and oxygen atoms in total. The number of hydrogen-bond donors (Lipinski definition) is 3. The molecule has 0 bridgehead atoms. The second-order valence-corrected chi connectivity index (χ2v) is 4.89.